The largest absolute Gasteiger partial charge is 0.677 e. The monoisotopic (exact) mass is 517 g/mol. The Morgan fingerprint density at radius 2 is 1.14 bits per heavy atom. The molecule has 0 aromatic heterocycles. The van der Waals surface area contributed by atoms with Gasteiger partial charge in [0.1, 0.15) is 11.5 Å². The smallest absolute Gasteiger partial charge is 0.382 e. The van der Waals surface area contributed by atoms with Crippen molar-refractivity contribution in [3.8, 4) is 17.2 Å². The molecule has 3 rings (SSSR count). The number of unbranched alkanes of at least 4 members (excludes halogenated alkanes) is 6. The molecule has 0 aliphatic carbocycles. The molecule has 3 aromatic rings. The van der Waals surface area contributed by atoms with Crippen LogP contribution in [0.2, 0.25) is 0 Å². The lowest BCUT2D eigenvalue weighted by Crippen LogP contribution is -2.10. The van der Waals surface area contributed by atoms with E-state index in [1.807, 2.05) is 12.1 Å². The Morgan fingerprint density at radius 3 is 1.66 bits per heavy atom. The zero-order valence-corrected chi connectivity index (χ0v) is 22.0. The molecule has 35 heavy (non-hydrogen) atoms. The van der Waals surface area contributed by atoms with Crippen molar-refractivity contribution in [3.05, 3.63) is 90.5 Å². The Bertz CT molecular complexity index is 997. The summed E-state index contributed by atoms with van der Waals surface area (Å²) in [5.74, 6) is 0.529. The van der Waals surface area contributed by atoms with E-state index in [-0.39, 0.29) is 17.2 Å². The van der Waals surface area contributed by atoms with Gasteiger partial charge in [0.25, 0.3) is 0 Å². The molecule has 0 radical (unpaired) electrons. The fourth-order valence-electron chi connectivity index (χ4n) is 3.55. The van der Waals surface area contributed by atoms with Crippen LogP contribution in [0.15, 0.2) is 84.9 Å². The Balaban J connectivity index is 1.65. The normalized spacial score (nSPS) is 11.7. The maximum absolute atomic E-state index is 13.7. The number of aryl methyl sites for hydroxylation is 1. The first kappa shape index (κ1) is 27.2. The van der Waals surface area contributed by atoms with E-state index in [9.17, 15) is 14.4 Å². The molecule has 6 nitrogen and oxygen atoms in total. The van der Waals surface area contributed by atoms with Gasteiger partial charge in [0.15, 0.2) is 5.75 Å². The van der Waals surface area contributed by atoms with Gasteiger partial charge in [-0.1, -0.05) is 94.0 Å². The first-order valence-corrected chi connectivity index (χ1v) is 16.0. The minimum Gasteiger partial charge on any atom is -0.382 e. The quantitative estimate of drug-likeness (QED) is 0.156. The predicted molar refractivity (Wildman–Crippen MR) is 142 cm³/mol. The van der Waals surface area contributed by atoms with Crippen molar-refractivity contribution in [2.75, 3.05) is 0 Å². The molecule has 2 N–H and O–H groups in total. The Labute approximate surface area is 208 Å². The molecule has 0 aliphatic heterocycles. The minimum absolute atomic E-state index is 0.174. The highest BCUT2D eigenvalue weighted by molar-refractivity contribution is 8.31. The van der Waals surface area contributed by atoms with E-state index < -0.39 is 14.9 Å². The van der Waals surface area contributed by atoms with Crippen LogP contribution in [0, 0.1) is 0 Å². The standard InChI is InChI=1S/C27H35O6P2/c1-2-3-4-5-6-7-10-15-24-20-22-27(23-21-24)31-34(28,29)35(30,32-25-16-11-8-12-17-25)33-26-18-13-9-14-19-26/h8-9,11-14,16-23,28-29H,2-7,10,15H2,1H3/q+1. The molecule has 0 unspecified atom stereocenters. The Hall–Kier alpha value is -2.36. The molecule has 0 aliphatic rings. The van der Waals surface area contributed by atoms with E-state index in [1.165, 1.54) is 38.5 Å². The van der Waals surface area contributed by atoms with E-state index in [2.05, 4.69) is 6.92 Å². The van der Waals surface area contributed by atoms with Crippen molar-refractivity contribution < 1.29 is 27.9 Å². The molecule has 3 aromatic carbocycles. The zero-order chi connectivity index (χ0) is 25.0. The third-order valence-electron chi connectivity index (χ3n) is 5.47. The third kappa shape index (κ3) is 8.66. The van der Waals surface area contributed by atoms with Crippen LogP contribution in [-0.4, -0.2) is 9.79 Å². The highest BCUT2D eigenvalue weighted by Gasteiger charge is 2.68. The van der Waals surface area contributed by atoms with Crippen LogP contribution >= 0.6 is 14.9 Å². The summed E-state index contributed by atoms with van der Waals surface area (Å²) < 4.78 is 30.2. The van der Waals surface area contributed by atoms with E-state index in [0.29, 0.717) is 0 Å². The summed E-state index contributed by atoms with van der Waals surface area (Å²) in [6, 6.07) is 23.5. The van der Waals surface area contributed by atoms with E-state index in [4.69, 9.17) is 13.6 Å². The van der Waals surface area contributed by atoms with Crippen LogP contribution in [0.4, 0.5) is 0 Å². The van der Waals surface area contributed by atoms with Gasteiger partial charge in [-0.2, -0.15) is 14.4 Å². The summed E-state index contributed by atoms with van der Waals surface area (Å²) in [5.41, 5.74) is 1.13. The zero-order valence-electron chi connectivity index (χ0n) is 20.2. The first-order valence-electron chi connectivity index (χ1n) is 12.1. The van der Waals surface area contributed by atoms with E-state index >= 15 is 0 Å². The number of benzene rings is 3. The van der Waals surface area contributed by atoms with Crippen LogP contribution < -0.4 is 13.6 Å². The average molecular weight is 518 g/mol. The van der Waals surface area contributed by atoms with Crippen molar-refractivity contribution in [2.24, 2.45) is 0 Å². The summed E-state index contributed by atoms with van der Waals surface area (Å²) in [6.45, 7) is 2.22. The molecular weight excluding hydrogens is 482 g/mol. The number of hydrogen-bond donors (Lipinski definition) is 2. The second-order valence-electron chi connectivity index (χ2n) is 8.40. The highest BCUT2D eigenvalue weighted by Crippen LogP contribution is 2.84. The van der Waals surface area contributed by atoms with Crippen LogP contribution in [0.3, 0.4) is 0 Å². The molecule has 0 fully saturated rings. The first-order chi connectivity index (χ1) is 16.9. The molecule has 0 saturated carbocycles. The van der Waals surface area contributed by atoms with Crippen LogP contribution in [-0.2, 0) is 11.0 Å². The second kappa shape index (κ2) is 13.7. The molecule has 0 amide bonds. The van der Waals surface area contributed by atoms with Gasteiger partial charge in [0.05, 0.1) is 0 Å². The summed E-state index contributed by atoms with van der Waals surface area (Å²) in [7, 11) is -9.24. The molecule has 0 spiro atoms. The fraction of sp³-hybridized carbons (Fsp3) is 0.333. The fourth-order valence-corrected chi connectivity index (χ4v) is 6.87. The number of hydrogen-bond acceptors (Lipinski definition) is 6. The van der Waals surface area contributed by atoms with Crippen molar-refractivity contribution in [1.82, 2.24) is 0 Å². The van der Waals surface area contributed by atoms with Crippen LogP contribution in [0.1, 0.15) is 57.4 Å². The van der Waals surface area contributed by atoms with Gasteiger partial charge in [0, 0.05) is 0 Å². The molecule has 0 saturated heterocycles. The van der Waals surface area contributed by atoms with Gasteiger partial charge in [-0.3, -0.25) is 4.52 Å². The molecule has 0 atom stereocenters. The summed E-state index contributed by atoms with van der Waals surface area (Å²) in [5, 5.41) is 0. The van der Waals surface area contributed by atoms with E-state index in [0.717, 1.165) is 18.4 Å². The van der Waals surface area contributed by atoms with Crippen molar-refractivity contribution in [2.45, 2.75) is 58.3 Å². The molecule has 0 heterocycles. The second-order valence-corrected chi connectivity index (χ2v) is 13.9. The highest BCUT2D eigenvalue weighted by atomic mass is 32.1. The van der Waals surface area contributed by atoms with Gasteiger partial charge >= 0.3 is 14.9 Å². The third-order valence-corrected chi connectivity index (χ3v) is 10.1. The van der Waals surface area contributed by atoms with Gasteiger partial charge in [-0.15, -0.1) is 0 Å². The van der Waals surface area contributed by atoms with E-state index in [1.54, 1.807) is 72.8 Å². The Kier molecular flexibility index (Phi) is 10.6. The lowest BCUT2D eigenvalue weighted by molar-refractivity contribution is 0.325. The number of para-hydroxylation sites is 2. The van der Waals surface area contributed by atoms with Gasteiger partial charge < -0.3 is 9.05 Å². The van der Waals surface area contributed by atoms with Gasteiger partial charge in [-0.25, -0.2) is 0 Å². The number of rotatable bonds is 15. The summed E-state index contributed by atoms with van der Waals surface area (Å²) in [4.78, 5) is 21.7. The maximum Gasteiger partial charge on any atom is 0.677 e. The Morgan fingerprint density at radius 1 is 0.657 bits per heavy atom. The SMILES string of the molecule is CCCCCCCCCc1ccc(O[P+](O)(O)P(=O)(Oc2ccccc2)Oc2ccccc2)cc1. The van der Waals surface area contributed by atoms with Crippen molar-refractivity contribution >= 4 is 14.9 Å². The molecule has 0 bridgehead atoms. The minimum atomic E-state index is -4.66. The van der Waals surface area contributed by atoms with Crippen LogP contribution in [0.25, 0.3) is 0 Å². The van der Waals surface area contributed by atoms with Crippen LogP contribution in [0.5, 0.6) is 17.2 Å². The summed E-state index contributed by atoms with van der Waals surface area (Å²) in [6.07, 6.45) is 9.65. The lowest BCUT2D eigenvalue weighted by Gasteiger charge is -2.21. The maximum atomic E-state index is 13.7. The lowest BCUT2D eigenvalue weighted by atomic mass is 10.0. The van der Waals surface area contributed by atoms with Crippen molar-refractivity contribution in [1.29, 1.82) is 0 Å². The predicted octanol–water partition coefficient (Wildman–Crippen LogP) is 8.37. The average Bonchev–Trinajstić information content (AvgIpc) is 2.85. The molecular formula is C27H35O6P2+. The topological polar surface area (TPSA) is 85.2 Å². The van der Waals surface area contributed by atoms with Crippen molar-refractivity contribution in [3.63, 3.8) is 0 Å². The molecule has 188 valence electrons. The van der Waals surface area contributed by atoms with Gasteiger partial charge in [0.2, 0.25) is 0 Å². The van der Waals surface area contributed by atoms with Gasteiger partial charge in [-0.05, 0) is 54.8 Å². The molecule has 8 heteroatoms. The summed E-state index contributed by atoms with van der Waals surface area (Å²) >= 11 is 0.